The van der Waals surface area contributed by atoms with Gasteiger partial charge in [-0.3, -0.25) is 0 Å². The van der Waals surface area contributed by atoms with Gasteiger partial charge in [-0.15, -0.1) is 0 Å². The number of sulfone groups is 1. The maximum absolute atomic E-state index is 12.8. The Balaban J connectivity index is 2.21. The van der Waals surface area contributed by atoms with Gasteiger partial charge in [0.25, 0.3) is 0 Å². The molecule has 2 rings (SSSR count). The third kappa shape index (κ3) is 3.54. The minimum absolute atomic E-state index is 0.127. The molecule has 1 saturated heterocycles. The largest absolute Gasteiger partial charge is 0.367 e. The Morgan fingerprint density at radius 2 is 1.70 bits per heavy atom. The molecule has 0 aliphatic carbocycles. The maximum atomic E-state index is 12.8. The molecule has 2 amide bonds. The molecule has 0 saturated carbocycles. The fraction of sp³-hybridized carbons (Fsp3) is 0.500. The average Bonchev–Trinajstić information content (AvgIpc) is 2.54. The summed E-state index contributed by atoms with van der Waals surface area (Å²) in [6.07, 6.45) is 0. The van der Waals surface area contributed by atoms with Crippen LogP contribution in [0.5, 0.6) is 0 Å². The molecule has 0 spiro atoms. The third-order valence-electron chi connectivity index (χ3n) is 3.68. The van der Waals surface area contributed by atoms with Gasteiger partial charge in [0.2, 0.25) is 9.84 Å². The molecule has 128 valence electrons. The molecule has 1 fully saturated rings. The molecule has 1 heterocycles. The Kier molecular flexibility index (Phi) is 5.08. The number of piperazine rings is 1. The van der Waals surface area contributed by atoms with E-state index in [1.165, 1.54) is 23.1 Å². The van der Waals surface area contributed by atoms with E-state index < -0.39 is 15.6 Å². The van der Waals surface area contributed by atoms with Crippen LogP contribution in [0.4, 0.5) is 19.3 Å². The van der Waals surface area contributed by atoms with Crippen LogP contribution in [0.15, 0.2) is 29.2 Å². The molecular weight excluding hydrogens is 328 g/mol. The predicted molar refractivity (Wildman–Crippen MR) is 82.5 cm³/mol. The number of alkyl halides is 2. The second-order valence-corrected chi connectivity index (χ2v) is 7.31. The summed E-state index contributed by atoms with van der Waals surface area (Å²) in [6, 6.07) is 5.60. The van der Waals surface area contributed by atoms with Crippen molar-refractivity contribution in [3.05, 3.63) is 24.3 Å². The van der Waals surface area contributed by atoms with Gasteiger partial charge in [-0.1, -0.05) is 12.1 Å². The molecular formula is C14H19F2N3O3S. The molecule has 9 heteroatoms. The zero-order chi connectivity index (χ0) is 17.2. The van der Waals surface area contributed by atoms with Crippen LogP contribution in [0.25, 0.3) is 0 Å². The molecule has 1 aromatic carbocycles. The highest BCUT2D eigenvalue weighted by molar-refractivity contribution is 7.91. The number of halogens is 2. The van der Waals surface area contributed by atoms with E-state index in [0.717, 1.165) is 0 Å². The molecule has 0 atom stereocenters. The van der Waals surface area contributed by atoms with Gasteiger partial charge in [0.15, 0.2) is 0 Å². The topological polar surface area (TPSA) is 60.9 Å². The summed E-state index contributed by atoms with van der Waals surface area (Å²) in [5, 5.41) is 0. The fourth-order valence-electron chi connectivity index (χ4n) is 2.48. The van der Waals surface area contributed by atoms with Gasteiger partial charge in [0, 0.05) is 40.3 Å². The Hall–Kier alpha value is -1.90. The van der Waals surface area contributed by atoms with Crippen molar-refractivity contribution >= 4 is 21.6 Å². The van der Waals surface area contributed by atoms with Gasteiger partial charge < -0.3 is 14.7 Å². The van der Waals surface area contributed by atoms with Gasteiger partial charge in [-0.25, -0.2) is 13.2 Å². The summed E-state index contributed by atoms with van der Waals surface area (Å²) >= 11 is 0. The van der Waals surface area contributed by atoms with Gasteiger partial charge in [0.1, 0.15) is 0 Å². The first-order valence-electron chi connectivity index (χ1n) is 7.07. The standard InChI is InChI=1S/C14H19F2N3O3S/c1-17(2)14(20)19-9-7-18(8-10-19)11-5-3-4-6-12(11)23(21,22)13(15)16/h3-6,13H,7-10H2,1-2H3. The smallest absolute Gasteiger partial charge is 0.341 e. The quantitative estimate of drug-likeness (QED) is 0.831. The number of nitrogens with zero attached hydrogens (tertiary/aromatic N) is 3. The van der Waals surface area contributed by atoms with E-state index in [9.17, 15) is 22.0 Å². The zero-order valence-electron chi connectivity index (χ0n) is 12.9. The van der Waals surface area contributed by atoms with Crippen LogP contribution in [0.3, 0.4) is 0 Å². The van der Waals surface area contributed by atoms with Crippen molar-refractivity contribution in [2.24, 2.45) is 0 Å². The first kappa shape index (κ1) is 17.5. The summed E-state index contributed by atoms with van der Waals surface area (Å²) in [4.78, 5) is 16.3. The number of urea groups is 1. The highest BCUT2D eigenvalue weighted by Crippen LogP contribution is 2.29. The lowest BCUT2D eigenvalue weighted by Gasteiger charge is -2.37. The minimum Gasteiger partial charge on any atom is -0.367 e. The van der Waals surface area contributed by atoms with Crippen LogP contribution in [-0.4, -0.2) is 70.3 Å². The van der Waals surface area contributed by atoms with E-state index in [2.05, 4.69) is 0 Å². The molecule has 1 aliphatic rings. The second kappa shape index (κ2) is 6.69. The van der Waals surface area contributed by atoms with Crippen LogP contribution in [0, 0.1) is 0 Å². The molecule has 0 N–H and O–H groups in total. The Labute approximate surface area is 134 Å². The molecule has 0 bridgehead atoms. The van der Waals surface area contributed by atoms with Gasteiger partial charge >= 0.3 is 11.8 Å². The summed E-state index contributed by atoms with van der Waals surface area (Å²) in [6.45, 7) is 1.57. The van der Waals surface area contributed by atoms with E-state index in [0.29, 0.717) is 26.2 Å². The van der Waals surface area contributed by atoms with E-state index >= 15 is 0 Å². The van der Waals surface area contributed by atoms with E-state index in [1.54, 1.807) is 30.0 Å². The number of amides is 2. The van der Waals surface area contributed by atoms with E-state index in [4.69, 9.17) is 0 Å². The number of carbonyl (C=O) groups is 1. The monoisotopic (exact) mass is 347 g/mol. The minimum atomic E-state index is -4.66. The average molecular weight is 347 g/mol. The first-order chi connectivity index (χ1) is 10.7. The van der Waals surface area contributed by atoms with Crippen molar-refractivity contribution < 1.29 is 22.0 Å². The predicted octanol–water partition coefficient (Wildman–Crippen LogP) is 1.49. The van der Waals surface area contributed by atoms with Gasteiger partial charge in [-0.2, -0.15) is 8.78 Å². The Morgan fingerprint density at radius 3 is 2.22 bits per heavy atom. The number of hydrogen-bond donors (Lipinski definition) is 0. The third-order valence-corrected chi connectivity index (χ3v) is 5.11. The SMILES string of the molecule is CN(C)C(=O)N1CCN(c2ccccc2S(=O)(=O)C(F)F)CC1. The second-order valence-electron chi connectivity index (χ2n) is 5.42. The highest BCUT2D eigenvalue weighted by Gasteiger charge is 2.32. The number of benzene rings is 1. The zero-order valence-corrected chi connectivity index (χ0v) is 13.8. The van der Waals surface area contributed by atoms with Gasteiger partial charge in [0.05, 0.1) is 10.6 Å². The van der Waals surface area contributed by atoms with Crippen molar-refractivity contribution in [2.75, 3.05) is 45.2 Å². The summed E-state index contributed by atoms with van der Waals surface area (Å²) < 4.78 is 49.3. The van der Waals surface area contributed by atoms with Crippen molar-refractivity contribution in [3.8, 4) is 0 Å². The van der Waals surface area contributed by atoms with E-state index in [-0.39, 0.29) is 16.6 Å². The summed E-state index contributed by atoms with van der Waals surface area (Å²) in [5.41, 5.74) is 0.254. The van der Waals surface area contributed by atoms with Crippen LogP contribution in [0.1, 0.15) is 0 Å². The van der Waals surface area contributed by atoms with Gasteiger partial charge in [-0.05, 0) is 12.1 Å². The maximum Gasteiger partial charge on any atom is 0.341 e. The fourth-order valence-corrected chi connectivity index (χ4v) is 3.43. The normalized spacial score (nSPS) is 15.9. The first-order valence-corrected chi connectivity index (χ1v) is 8.62. The number of carbonyl (C=O) groups excluding carboxylic acids is 1. The number of hydrogen-bond acceptors (Lipinski definition) is 4. The lowest BCUT2D eigenvalue weighted by atomic mass is 10.2. The van der Waals surface area contributed by atoms with Crippen LogP contribution in [-0.2, 0) is 9.84 Å². The molecule has 6 nitrogen and oxygen atoms in total. The summed E-state index contributed by atoms with van der Waals surface area (Å²) in [5.74, 6) is -3.46. The van der Waals surface area contributed by atoms with Crippen molar-refractivity contribution in [1.82, 2.24) is 9.80 Å². The number of rotatable bonds is 3. The molecule has 1 aliphatic heterocycles. The van der Waals surface area contributed by atoms with E-state index in [1.807, 2.05) is 0 Å². The molecule has 23 heavy (non-hydrogen) atoms. The van der Waals surface area contributed by atoms with Crippen molar-refractivity contribution in [3.63, 3.8) is 0 Å². The van der Waals surface area contributed by atoms with Crippen LogP contribution in [0.2, 0.25) is 0 Å². The van der Waals surface area contributed by atoms with Crippen molar-refractivity contribution in [2.45, 2.75) is 10.7 Å². The number of para-hydroxylation sites is 1. The van der Waals surface area contributed by atoms with Crippen LogP contribution < -0.4 is 4.90 Å². The molecule has 0 aromatic heterocycles. The molecule has 0 unspecified atom stereocenters. The summed E-state index contributed by atoms with van der Waals surface area (Å²) in [7, 11) is -1.36. The molecule has 1 aromatic rings. The van der Waals surface area contributed by atoms with Crippen molar-refractivity contribution in [1.29, 1.82) is 0 Å². The van der Waals surface area contributed by atoms with Crippen LogP contribution >= 0.6 is 0 Å². The molecule has 0 radical (unpaired) electrons. The lowest BCUT2D eigenvalue weighted by molar-refractivity contribution is 0.168. The highest BCUT2D eigenvalue weighted by atomic mass is 32.2. The Morgan fingerprint density at radius 1 is 1.13 bits per heavy atom. The Bertz CT molecular complexity index is 672. The number of anilines is 1. The lowest BCUT2D eigenvalue weighted by Crippen LogP contribution is -2.51.